The maximum Gasteiger partial charge on any atom is 0.201 e. The largest absolute Gasteiger partial charge is 0.508 e. The fraction of sp³-hybridized carbons (Fsp3) is 0.200. The van der Waals surface area contributed by atoms with Gasteiger partial charge < -0.3 is 55.4 Å². The summed E-state index contributed by atoms with van der Waals surface area (Å²) in [6.07, 6.45) is -6.87. The molecule has 6 atom stereocenters. The van der Waals surface area contributed by atoms with Gasteiger partial charge in [0.15, 0.2) is 35.2 Å². The predicted molar refractivity (Wildman–Crippen MR) is 141 cm³/mol. The van der Waals surface area contributed by atoms with Crippen molar-refractivity contribution in [2.24, 2.45) is 0 Å². The minimum Gasteiger partial charge on any atom is -0.508 e. The SMILES string of the molecule is Oc1ccc([C@H]2Oc3c(cc([C@H]4c5ccc(O)c(O)c5O[C@@H](c5ccc(O)cc5)[C@@H]4O)c(O)c3O)[C@@H](O)[C@@H]2O)cc1. The van der Waals surface area contributed by atoms with Crippen molar-refractivity contribution in [1.82, 2.24) is 0 Å². The third-order valence-electron chi connectivity index (χ3n) is 7.63. The summed E-state index contributed by atoms with van der Waals surface area (Å²) in [4.78, 5) is 0. The number of ether oxygens (including phenoxy) is 2. The van der Waals surface area contributed by atoms with Crippen LogP contribution in [0.4, 0.5) is 0 Å². The van der Waals surface area contributed by atoms with Crippen LogP contribution < -0.4 is 9.47 Å². The molecule has 0 bridgehead atoms. The Balaban J connectivity index is 1.49. The minimum atomic E-state index is -1.60. The molecule has 0 saturated carbocycles. The smallest absolute Gasteiger partial charge is 0.201 e. The standard InChI is InChI=1S/C30H26O11/c31-14-5-1-12(2-6-14)27-24(37)20(16-9-10-19(33)23(36)29(16)40-27)17-11-18-22(35)25(38)28(13-3-7-15(32)8-4-13)41-30(18)26(39)21(17)34/h1-11,20,22,24-25,27-28,31-39H/t20-,22-,24-,25+,27+,28-/m1/s1. The van der Waals surface area contributed by atoms with Crippen molar-refractivity contribution in [2.75, 3.05) is 0 Å². The van der Waals surface area contributed by atoms with Crippen LogP contribution in [0.1, 0.15) is 52.0 Å². The van der Waals surface area contributed by atoms with Gasteiger partial charge in [-0.05, 0) is 47.5 Å². The van der Waals surface area contributed by atoms with E-state index in [9.17, 15) is 46.0 Å². The van der Waals surface area contributed by atoms with Crippen molar-refractivity contribution in [3.63, 3.8) is 0 Å². The molecule has 0 radical (unpaired) electrons. The fourth-order valence-electron chi connectivity index (χ4n) is 5.52. The van der Waals surface area contributed by atoms with Gasteiger partial charge in [0.2, 0.25) is 11.5 Å². The molecule has 4 aromatic rings. The van der Waals surface area contributed by atoms with Crippen LogP contribution in [0, 0.1) is 0 Å². The Bertz CT molecular complexity index is 1620. The third-order valence-corrected chi connectivity index (χ3v) is 7.63. The number of hydrogen-bond donors (Lipinski definition) is 9. The molecule has 0 saturated heterocycles. The second-order valence-corrected chi connectivity index (χ2v) is 10.1. The van der Waals surface area contributed by atoms with Crippen molar-refractivity contribution >= 4 is 0 Å². The highest BCUT2D eigenvalue weighted by atomic mass is 16.5. The van der Waals surface area contributed by atoms with Crippen LogP contribution in [0.2, 0.25) is 0 Å². The van der Waals surface area contributed by atoms with Gasteiger partial charge >= 0.3 is 0 Å². The average Bonchev–Trinajstić information content (AvgIpc) is 2.96. The zero-order valence-electron chi connectivity index (χ0n) is 21.2. The summed E-state index contributed by atoms with van der Waals surface area (Å²) in [6.45, 7) is 0. The van der Waals surface area contributed by atoms with E-state index in [1.807, 2.05) is 0 Å². The number of rotatable bonds is 3. The number of phenolic OH excluding ortho intramolecular Hbond substituents is 6. The van der Waals surface area contributed by atoms with E-state index >= 15 is 0 Å². The first-order valence-electron chi connectivity index (χ1n) is 12.7. The van der Waals surface area contributed by atoms with E-state index in [-0.39, 0.29) is 39.7 Å². The molecule has 11 nitrogen and oxygen atoms in total. The predicted octanol–water partition coefficient (Wildman–Crippen LogP) is 3.07. The van der Waals surface area contributed by atoms with Crippen LogP contribution in [0.15, 0.2) is 66.7 Å². The van der Waals surface area contributed by atoms with Gasteiger partial charge in [-0.3, -0.25) is 0 Å². The Morgan fingerprint density at radius 3 is 1.56 bits per heavy atom. The lowest BCUT2D eigenvalue weighted by Gasteiger charge is -2.39. The molecule has 6 rings (SSSR count). The second kappa shape index (κ2) is 9.66. The summed E-state index contributed by atoms with van der Waals surface area (Å²) in [5.74, 6) is -4.25. The average molecular weight is 563 g/mol. The van der Waals surface area contributed by atoms with E-state index in [2.05, 4.69) is 0 Å². The zero-order chi connectivity index (χ0) is 29.2. The van der Waals surface area contributed by atoms with Crippen LogP contribution >= 0.6 is 0 Å². The van der Waals surface area contributed by atoms with Gasteiger partial charge in [-0.2, -0.15) is 0 Å². The molecule has 0 aromatic heterocycles. The number of fused-ring (bicyclic) bond motifs is 2. The Morgan fingerprint density at radius 2 is 1.00 bits per heavy atom. The lowest BCUT2D eigenvalue weighted by Crippen LogP contribution is -2.36. The van der Waals surface area contributed by atoms with E-state index in [4.69, 9.17) is 9.47 Å². The Morgan fingerprint density at radius 1 is 0.488 bits per heavy atom. The molecule has 11 heteroatoms. The molecule has 0 amide bonds. The molecular weight excluding hydrogens is 536 g/mol. The second-order valence-electron chi connectivity index (χ2n) is 10.1. The number of aromatic hydroxyl groups is 6. The molecule has 0 fully saturated rings. The topological polar surface area (TPSA) is 201 Å². The molecule has 2 heterocycles. The van der Waals surface area contributed by atoms with Crippen molar-refractivity contribution in [1.29, 1.82) is 0 Å². The van der Waals surface area contributed by atoms with Crippen LogP contribution in [0.5, 0.6) is 46.0 Å². The lowest BCUT2D eigenvalue weighted by molar-refractivity contribution is -0.0711. The number of hydrogen-bond acceptors (Lipinski definition) is 11. The van der Waals surface area contributed by atoms with Crippen LogP contribution in [0.25, 0.3) is 0 Å². The summed E-state index contributed by atoms with van der Waals surface area (Å²) in [7, 11) is 0. The van der Waals surface area contributed by atoms with Gasteiger partial charge in [-0.1, -0.05) is 30.3 Å². The molecule has 212 valence electrons. The maximum absolute atomic E-state index is 11.6. The van der Waals surface area contributed by atoms with Crippen LogP contribution in [-0.4, -0.2) is 58.2 Å². The van der Waals surface area contributed by atoms with Crippen molar-refractivity contribution in [3.05, 3.63) is 94.5 Å². The summed E-state index contributed by atoms with van der Waals surface area (Å²) < 4.78 is 11.7. The molecule has 2 aliphatic rings. The summed E-state index contributed by atoms with van der Waals surface area (Å²) in [5.41, 5.74) is 0.799. The quantitative estimate of drug-likeness (QED) is 0.166. The van der Waals surface area contributed by atoms with Gasteiger partial charge in [0.1, 0.15) is 29.8 Å². The van der Waals surface area contributed by atoms with Gasteiger partial charge in [-0.15, -0.1) is 0 Å². The molecule has 0 aliphatic carbocycles. The van der Waals surface area contributed by atoms with E-state index in [1.54, 1.807) is 0 Å². The highest BCUT2D eigenvalue weighted by Gasteiger charge is 2.45. The summed E-state index contributed by atoms with van der Waals surface area (Å²) in [5, 5.41) is 96.0. The first-order valence-corrected chi connectivity index (χ1v) is 12.7. The lowest BCUT2D eigenvalue weighted by atomic mass is 9.78. The summed E-state index contributed by atoms with van der Waals surface area (Å²) in [6, 6.07) is 15.3. The van der Waals surface area contributed by atoms with Gasteiger partial charge in [0.25, 0.3) is 0 Å². The van der Waals surface area contributed by atoms with E-state index in [0.29, 0.717) is 11.1 Å². The Kier molecular flexibility index (Phi) is 6.22. The highest BCUT2D eigenvalue weighted by molar-refractivity contribution is 5.65. The van der Waals surface area contributed by atoms with Crippen LogP contribution in [-0.2, 0) is 0 Å². The van der Waals surface area contributed by atoms with E-state index in [0.717, 1.165) is 0 Å². The number of aliphatic hydroxyl groups excluding tert-OH is 3. The first kappa shape index (κ1) is 26.4. The summed E-state index contributed by atoms with van der Waals surface area (Å²) >= 11 is 0. The first-order chi connectivity index (χ1) is 19.6. The maximum atomic E-state index is 11.6. The Labute approximate surface area is 232 Å². The van der Waals surface area contributed by atoms with E-state index in [1.165, 1.54) is 66.7 Å². The zero-order valence-corrected chi connectivity index (χ0v) is 21.2. The number of aliphatic hydroxyl groups is 3. The molecule has 9 N–H and O–H groups in total. The van der Waals surface area contributed by atoms with Crippen molar-refractivity contribution < 1.29 is 55.4 Å². The van der Waals surface area contributed by atoms with Gasteiger partial charge in [0, 0.05) is 22.6 Å². The number of phenols is 6. The van der Waals surface area contributed by atoms with Crippen LogP contribution in [0.3, 0.4) is 0 Å². The minimum absolute atomic E-state index is 0.0228. The molecule has 0 unspecified atom stereocenters. The van der Waals surface area contributed by atoms with Crippen molar-refractivity contribution in [2.45, 2.75) is 36.4 Å². The number of benzene rings is 4. The molecule has 0 spiro atoms. The highest BCUT2D eigenvalue weighted by Crippen LogP contribution is 2.57. The van der Waals surface area contributed by atoms with Gasteiger partial charge in [0.05, 0.1) is 0 Å². The molecule has 4 aromatic carbocycles. The normalized spacial score (nSPS) is 25.0. The molecule has 41 heavy (non-hydrogen) atoms. The third kappa shape index (κ3) is 4.18. The monoisotopic (exact) mass is 562 g/mol. The van der Waals surface area contributed by atoms with E-state index < -0.39 is 59.4 Å². The Hall–Kier alpha value is -4.84. The van der Waals surface area contributed by atoms with Gasteiger partial charge in [-0.25, -0.2) is 0 Å². The van der Waals surface area contributed by atoms with Crippen molar-refractivity contribution in [3.8, 4) is 46.0 Å². The fourth-order valence-corrected chi connectivity index (χ4v) is 5.52. The molecular formula is C30H26O11. The molecule has 2 aliphatic heterocycles.